The first-order valence-corrected chi connectivity index (χ1v) is 8.21. The summed E-state index contributed by atoms with van der Waals surface area (Å²) in [5.41, 5.74) is 1.10. The van der Waals surface area contributed by atoms with Crippen LogP contribution >= 0.6 is 11.6 Å². The summed E-state index contributed by atoms with van der Waals surface area (Å²) in [5, 5.41) is 2.98. The number of hydrogen-bond donors (Lipinski definition) is 1. The lowest BCUT2D eigenvalue weighted by Gasteiger charge is -2.26. The second kappa shape index (κ2) is 7.69. The molecule has 2 atom stereocenters. The number of rotatable bonds is 6. The van der Waals surface area contributed by atoms with Crippen molar-refractivity contribution in [1.29, 1.82) is 0 Å². The van der Waals surface area contributed by atoms with Crippen molar-refractivity contribution in [2.24, 2.45) is 11.8 Å². The third-order valence-electron chi connectivity index (χ3n) is 4.28. The number of amides is 1. The van der Waals surface area contributed by atoms with Crippen molar-refractivity contribution in [2.45, 2.75) is 38.5 Å². The number of ether oxygens (including phenoxy) is 1. The van der Waals surface area contributed by atoms with E-state index < -0.39 is 0 Å². The summed E-state index contributed by atoms with van der Waals surface area (Å²) in [5.74, 6) is 1.27. The van der Waals surface area contributed by atoms with Crippen molar-refractivity contribution >= 4 is 17.5 Å². The maximum Gasteiger partial charge on any atom is 0.226 e. The first-order valence-electron chi connectivity index (χ1n) is 7.78. The fourth-order valence-corrected chi connectivity index (χ4v) is 3.24. The lowest BCUT2D eigenvalue weighted by molar-refractivity contribution is -0.126. The summed E-state index contributed by atoms with van der Waals surface area (Å²) in [6.45, 7) is 5.25. The van der Waals surface area contributed by atoms with E-state index in [0.29, 0.717) is 19.1 Å². The molecule has 21 heavy (non-hydrogen) atoms. The van der Waals surface area contributed by atoms with Crippen LogP contribution in [0.3, 0.4) is 0 Å². The van der Waals surface area contributed by atoms with Crippen LogP contribution in [0.1, 0.15) is 32.3 Å². The number of fused-ring (bicyclic) bond motifs is 1. The predicted octanol–water partition coefficient (Wildman–Crippen LogP) is 3.40. The van der Waals surface area contributed by atoms with Crippen LogP contribution in [0.2, 0.25) is 0 Å². The van der Waals surface area contributed by atoms with Gasteiger partial charge in [-0.2, -0.15) is 0 Å². The van der Waals surface area contributed by atoms with Gasteiger partial charge in [0.15, 0.2) is 0 Å². The van der Waals surface area contributed by atoms with E-state index in [4.69, 9.17) is 16.3 Å². The SMILES string of the molecule is CCC(CC)C(Cl)CNC(=O)C1COc2ccccc2C1. The fraction of sp³-hybridized carbons (Fsp3) is 0.588. The molecule has 116 valence electrons. The Balaban J connectivity index is 1.85. The Bertz CT molecular complexity index is 474. The van der Waals surface area contributed by atoms with E-state index in [1.807, 2.05) is 24.3 Å². The minimum Gasteiger partial charge on any atom is -0.492 e. The highest BCUT2D eigenvalue weighted by atomic mass is 35.5. The highest BCUT2D eigenvalue weighted by molar-refractivity contribution is 6.21. The van der Waals surface area contributed by atoms with Crippen LogP contribution in [0.4, 0.5) is 0 Å². The van der Waals surface area contributed by atoms with E-state index >= 15 is 0 Å². The molecule has 0 saturated heterocycles. The number of para-hydroxylation sites is 1. The maximum atomic E-state index is 12.3. The van der Waals surface area contributed by atoms with E-state index in [-0.39, 0.29) is 17.2 Å². The third kappa shape index (κ3) is 4.13. The summed E-state index contributed by atoms with van der Waals surface area (Å²) < 4.78 is 5.66. The zero-order chi connectivity index (χ0) is 15.2. The number of benzene rings is 1. The third-order valence-corrected chi connectivity index (χ3v) is 4.79. The molecular formula is C17H24ClNO2. The molecule has 1 heterocycles. The molecule has 0 aromatic heterocycles. The second-order valence-electron chi connectivity index (χ2n) is 5.66. The molecule has 0 fully saturated rings. The molecule has 1 aromatic rings. The molecule has 1 amide bonds. The number of nitrogens with one attached hydrogen (secondary N) is 1. The lowest BCUT2D eigenvalue weighted by Crippen LogP contribution is -2.40. The number of carbonyl (C=O) groups is 1. The molecule has 1 aliphatic rings. The van der Waals surface area contributed by atoms with Gasteiger partial charge >= 0.3 is 0 Å². The van der Waals surface area contributed by atoms with Gasteiger partial charge in [0.25, 0.3) is 0 Å². The highest BCUT2D eigenvalue weighted by Gasteiger charge is 2.26. The molecule has 0 saturated carbocycles. The first kappa shape index (κ1) is 16.2. The Morgan fingerprint density at radius 1 is 1.38 bits per heavy atom. The summed E-state index contributed by atoms with van der Waals surface area (Å²) in [4.78, 5) is 12.3. The Morgan fingerprint density at radius 3 is 2.81 bits per heavy atom. The summed E-state index contributed by atoms with van der Waals surface area (Å²) >= 11 is 6.37. The standard InChI is InChI=1S/C17H24ClNO2/c1-3-12(4-2)15(18)10-19-17(20)14-9-13-7-5-6-8-16(13)21-11-14/h5-8,12,14-15H,3-4,9-11H2,1-2H3,(H,19,20). The number of hydrogen-bond acceptors (Lipinski definition) is 2. The van der Waals surface area contributed by atoms with Crippen molar-refractivity contribution < 1.29 is 9.53 Å². The van der Waals surface area contributed by atoms with E-state index in [0.717, 1.165) is 30.6 Å². The molecule has 0 aliphatic carbocycles. The Hall–Kier alpha value is -1.22. The van der Waals surface area contributed by atoms with Crippen LogP contribution in [0.5, 0.6) is 5.75 Å². The van der Waals surface area contributed by atoms with E-state index in [9.17, 15) is 4.79 Å². The zero-order valence-corrected chi connectivity index (χ0v) is 13.5. The number of carbonyl (C=O) groups excluding carboxylic acids is 1. The molecule has 0 spiro atoms. The number of alkyl halides is 1. The molecule has 1 N–H and O–H groups in total. The van der Waals surface area contributed by atoms with Gasteiger partial charge < -0.3 is 10.1 Å². The van der Waals surface area contributed by atoms with Crippen LogP contribution in [-0.4, -0.2) is 24.4 Å². The largest absolute Gasteiger partial charge is 0.492 e. The fourth-order valence-electron chi connectivity index (χ4n) is 2.81. The molecular weight excluding hydrogens is 286 g/mol. The van der Waals surface area contributed by atoms with E-state index in [1.165, 1.54) is 0 Å². The van der Waals surface area contributed by atoms with Crippen LogP contribution in [0.15, 0.2) is 24.3 Å². The second-order valence-corrected chi connectivity index (χ2v) is 6.22. The molecule has 4 heteroatoms. The lowest BCUT2D eigenvalue weighted by atomic mass is 9.95. The van der Waals surface area contributed by atoms with Crippen LogP contribution in [0, 0.1) is 11.8 Å². The van der Waals surface area contributed by atoms with Crippen LogP contribution in [-0.2, 0) is 11.2 Å². The smallest absolute Gasteiger partial charge is 0.226 e. The summed E-state index contributed by atoms with van der Waals surface area (Å²) in [6, 6.07) is 7.89. The Morgan fingerprint density at radius 2 is 2.10 bits per heavy atom. The minimum atomic E-state index is -0.120. The average Bonchev–Trinajstić information content (AvgIpc) is 2.53. The first-order chi connectivity index (χ1) is 10.2. The van der Waals surface area contributed by atoms with Gasteiger partial charge in [-0.05, 0) is 24.0 Å². The average molecular weight is 310 g/mol. The molecule has 2 unspecified atom stereocenters. The van der Waals surface area contributed by atoms with Gasteiger partial charge in [-0.15, -0.1) is 11.6 Å². The zero-order valence-electron chi connectivity index (χ0n) is 12.8. The molecule has 1 aromatic carbocycles. The van der Waals surface area contributed by atoms with Crippen molar-refractivity contribution in [3.05, 3.63) is 29.8 Å². The van der Waals surface area contributed by atoms with E-state index in [1.54, 1.807) is 0 Å². The van der Waals surface area contributed by atoms with Crippen molar-refractivity contribution in [3.63, 3.8) is 0 Å². The normalized spacial score (nSPS) is 18.8. The van der Waals surface area contributed by atoms with Crippen molar-refractivity contribution in [1.82, 2.24) is 5.32 Å². The van der Waals surface area contributed by atoms with Gasteiger partial charge in [0.2, 0.25) is 5.91 Å². The van der Waals surface area contributed by atoms with E-state index in [2.05, 4.69) is 19.2 Å². The number of halogens is 1. The molecule has 0 radical (unpaired) electrons. The highest BCUT2D eigenvalue weighted by Crippen LogP contribution is 2.27. The molecule has 3 nitrogen and oxygen atoms in total. The molecule has 1 aliphatic heterocycles. The quantitative estimate of drug-likeness (QED) is 0.818. The summed E-state index contributed by atoms with van der Waals surface area (Å²) in [7, 11) is 0. The van der Waals surface area contributed by atoms with Crippen molar-refractivity contribution in [3.8, 4) is 5.75 Å². The van der Waals surface area contributed by atoms with Gasteiger partial charge in [-0.3, -0.25) is 4.79 Å². The summed E-state index contributed by atoms with van der Waals surface area (Å²) in [6.07, 6.45) is 2.82. The topological polar surface area (TPSA) is 38.3 Å². The minimum absolute atomic E-state index is 0.000690. The molecule has 0 bridgehead atoms. The van der Waals surface area contributed by atoms with Gasteiger partial charge in [0.05, 0.1) is 11.3 Å². The monoisotopic (exact) mass is 309 g/mol. The van der Waals surface area contributed by atoms with Crippen LogP contribution < -0.4 is 10.1 Å². The molecule has 2 rings (SSSR count). The van der Waals surface area contributed by atoms with Crippen molar-refractivity contribution in [2.75, 3.05) is 13.2 Å². The van der Waals surface area contributed by atoms with Gasteiger partial charge in [-0.1, -0.05) is 44.9 Å². The predicted molar refractivity (Wildman–Crippen MR) is 85.9 cm³/mol. The Labute approximate surface area is 132 Å². The van der Waals surface area contributed by atoms with Gasteiger partial charge in [0.1, 0.15) is 12.4 Å². The van der Waals surface area contributed by atoms with Gasteiger partial charge in [-0.25, -0.2) is 0 Å². The Kier molecular flexibility index (Phi) is 5.92. The van der Waals surface area contributed by atoms with Crippen LogP contribution in [0.25, 0.3) is 0 Å². The van der Waals surface area contributed by atoms with Gasteiger partial charge in [0, 0.05) is 6.54 Å². The maximum absolute atomic E-state index is 12.3.